The van der Waals surface area contributed by atoms with Crippen LogP contribution in [0.1, 0.15) is 194 Å². The summed E-state index contributed by atoms with van der Waals surface area (Å²) in [6.07, 6.45) is 6.66. The van der Waals surface area contributed by atoms with E-state index in [0.29, 0.717) is 77.2 Å². The molecule has 0 aromatic carbocycles. The molecule has 122 heavy (non-hydrogen) atoms. The van der Waals surface area contributed by atoms with Gasteiger partial charge >= 0.3 is 11.9 Å². The molecule has 44 heteroatoms. The maximum Gasteiger partial charge on any atom is 0.326 e. The van der Waals surface area contributed by atoms with Gasteiger partial charge in [0.1, 0.15) is 78.5 Å². The van der Waals surface area contributed by atoms with Gasteiger partial charge in [-0.05, 0) is 193 Å². The van der Waals surface area contributed by atoms with Crippen LogP contribution in [0.2, 0.25) is 0 Å². The van der Waals surface area contributed by atoms with Crippen LogP contribution in [0.15, 0.2) is 25.0 Å². The number of hydrogen-bond donors (Lipinski definition) is 24. The summed E-state index contributed by atoms with van der Waals surface area (Å²) in [5.41, 5.74) is 35.4. The molecule has 2 aliphatic rings. The van der Waals surface area contributed by atoms with E-state index in [1.165, 1.54) is 34.8 Å². The van der Waals surface area contributed by atoms with Gasteiger partial charge in [-0.2, -0.15) is 0 Å². The Morgan fingerprint density at radius 2 is 0.803 bits per heavy atom. The van der Waals surface area contributed by atoms with Gasteiger partial charge in [0, 0.05) is 44.7 Å². The fraction of sp³-hybridized carbons (Fsp3) is 0.718. The number of aliphatic carboxylic acids is 2. The second-order valence-electron chi connectivity index (χ2n) is 31.8. The third-order valence-corrected chi connectivity index (χ3v) is 20.7. The van der Waals surface area contributed by atoms with Gasteiger partial charge in [0.15, 0.2) is 0 Å². The number of aliphatic hydroxyl groups is 2. The topological polar surface area (TPSA) is 718 Å². The lowest BCUT2D eigenvalue weighted by atomic mass is 10.00. The van der Waals surface area contributed by atoms with Gasteiger partial charge in [0.2, 0.25) is 82.7 Å². The van der Waals surface area contributed by atoms with Crippen molar-refractivity contribution in [3.05, 3.63) is 36.4 Å². The highest BCUT2D eigenvalue weighted by Gasteiger charge is 2.44. The van der Waals surface area contributed by atoms with E-state index in [2.05, 4.69) is 83.7 Å². The first kappa shape index (κ1) is 104. The van der Waals surface area contributed by atoms with Crippen molar-refractivity contribution in [2.75, 3.05) is 59.0 Å². The molecular weight excluding hydrogens is 1590 g/mol. The number of carbonyl (C=O) groups excluding carboxylic acids is 14. The van der Waals surface area contributed by atoms with Crippen LogP contribution in [-0.4, -0.2) is 294 Å². The third-order valence-electron chi connectivity index (χ3n) is 20.7. The van der Waals surface area contributed by atoms with E-state index >= 15 is 0 Å². The van der Waals surface area contributed by atoms with Crippen molar-refractivity contribution in [2.24, 2.45) is 46.2 Å². The summed E-state index contributed by atoms with van der Waals surface area (Å²) in [6.45, 7) is 8.14. The number of carboxylic acids is 2. The number of carbonyl (C=O) groups is 16. The van der Waals surface area contributed by atoms with E-state index in [1.54, 1.807) is 0 Å². The molecule has 2 aromatic rings. The van der Waals surface area contributed by atoms with Crippen molar-refractivity contribution < 1.29 is 97.1 Å². The van der Waals surface area contributed by atoms with E-state index in [4.69, 9.17) is 34.4 Å². The first-order chi connectivity index (χ1) is 58.1. The van der Waals surface area contributed by atoms with Crippen molar-refractivity contribution in [3.63, 3.8) is 0 Å². The number of nitrogens with two attached hydrogens (primary N) is 6. The summed E-state index contributed by atoms with van der Waals surface area (Å²) in [6, 6.07) is -20.0. The maximum atomic E-state index is 14.9. The van der Waals surface area contributed by atoms with Crippen LogP contribution in [0.25, 0.3) is 0 Å². The highest BCUT2D eigenvalue weighted by molar-refractivity contribution is 6.01. The van der Waals surface area contributed by atoms with Crippen LogP contribution in [0, 0.1) is 11.8 Å². The van der Waals surface area contributed by atoms with Crippen LogP contribution >= 0.6 is 0 Å². The average molecular weight is 1730 g/mol. The Balaban J connectivity index is 1.57. The molecule has 0 bridgehead atoms. The third kappa shape index (κ3) is 36.4. The number of unbranched alkanes of at least 4 members (excludes halogenated alkanes) is 5. The Kier molecular flexibility index (Phi) is 47.4. The number of H-pyrrole nitrogens is 2. The van der Waals surface area contributed by atoms with Crippen LogP contribution in [-0.2, 0) is 89.6 Å². The van der Waals surface area contributed by atoms with Gasteiger partial charge in [-0.3, -0.25) is 71.9 Å². The first-order valence-electron chi connectivity index (χ1n) is 42.3. The Hall–Kier alpha value is -10.4. The second-order valence-corrected chi connectivity index (χ2v) is 31.8. The van der Waals surface area contributed by atoms with Crippen LogP contribution in [0.3, 0.4) is 0 Å². The molecule has 0 unspecified atom stereocenters. The number of aliphatic hydroxyl groups excluding tert-OH is 2. The van der Waals surface area contributed by atoms with Crippen molar-refractivity contribution >= 4 is 94.6 Å². The molecule has 15 atom stereocenters. The molecule has 0 aliphatic carbocycles. The molecule has 30 N–H and O–H groups in total. The molecule has 44 nitrogen and oxygen atoms in total. The molecular formula is C78H134N24O20. The molecule has 4 heterocycles. The lowest BCUT2D eigenvalue weighted by molar-refractivity contribution is -0.143. The number of imidazole rings is 2. The number of aromatic amines is 2. The zero-order valence-electron chi connectivity index (χ0n) is 70.7. The summed E-state index contributed by atoms with van der Waals surface area (Å²) in [7, 11) is 0. The summed E-state index contributed by atoms with van der Waals surface area (Å²) >= 11 is 0. The van der Waals surface area contributed by atoms with E-state index in [1.807, 2.05) is 27.7 Å². The molecule has 2 aliphatic heterocycles. The average Bonchev–Trinajstić information content (AvgIpc) is 1.64. The lowest BCUT2D eigenvalue weighted by Crippen LogP contribution is -2.62. The quantitative estimate of drug-likeness (QED) is 0.0274. The molecule has 2 saturated heterocycles. The zero-order valence-corrected chi connectivity index (χ0v) is 70.7. The van der Waals surface area contributed by atoms with E-state index < -0.39 is 218 Å². The van der Waals surface area contributed by atoms with Crippen molar-refractivity contribution in [1.29, 1.82) is 0 Å². The highest BCUT2D eigenvalue weighted by atomic mass is 16.4. The number of nitrogens with one attached hydrogen (secondary N) is 14. The smallest absolute Gasteiger partial charge is 0.326 e. The predicted octanol–water partition coefficient (Wildman–Crippen LogP) is -6.26. The summed E-state index contributed by atoms with van der Waals surface area (Å²) in [5, 5.41) is 71.9. The predicted molar refractivity (Wildman–Crippen MR) is 443 cm³/mol. The van der Waals surface area contributed by atoms with Crippen molar-refractivity contribution in [1.82, 2.24) is 93.5 Å². The van der Waals surface area contributed by atoms with Gasteiger partial charge in [0.05, 0.1) is 49.3 Å². The number of carboxylic acid groups (broad SMARTS) is 2. The SMILES string of the molecule is CC(C)C[C@H](NC(=O)[C@@H](N)CC(C)C)C(=O)N1CCC[C@H]1C(=O)N[C@@H](CCCCN)C(=O)N[C@@H](CCCCN)C(=O)N[C@H](C(=O)N[C@@H](CCC(=O)O)C(=O)N[C@@H](CO)C(=O)N[C@@H](Cc1c[nH]cn1)C(=O)N[C@@H](Cc1c[nH]cn1)C(=O)N[C@@H](CCCCN)C(=O)N1CCC[C@H]1C(=O)N[C@@H](CCCCN)C(=O)NCC(=O)N[C@@H](CCCCN)C(=O)O)[C@@H](C)O. The molecule has 2 aromatic heterocycles. The number of aromatic nitrogens is 4. The van der Waals surface area contributed by atoms with Crippen molar-refractivity contribution in [3.8, 4) is 0 Å². The van der Waals surface area contributed by atoms with E-state index in [9.17, 15) is 97.1 Å². The molecule has 4 rings (SSSR count). The number of hydrogen-bond acceptors (Lipinski definition) is 26. The minimum atomic E-state index is -2.00. The fourth-order valence-electron chi connectivity index (χ4n) is 14.1. The van der Waals surface area contributed by atoms with Crippen LogP contribution in [0.5, 0.6) is 0 Å². The highest BCUT2D eigenvalue weighted by Crippen LogP contribution is 2.24. The second kappa shape index (κ2) is 55.6. The normalized spacial score (nSPS) is 17.1. The van der Waals surface area contributed by atoms with Gasteiger partial charge in [0.25, 0.3) is 0 Å². The number of likely N-dealkylation sites (tertiary alicyclic amines) is 2. The van der Waals surface area contributed by atoms with E-state index in [0.717, 1.165) is 6.92 Å². The molecule has 0 spiro atoms. The summed E-state index contributed by atoms with van der Waals surface area (Å²) < 4.78 is 0. The summed E-state index contributed by atoms with van der Waals surface area (Å²) in [5.74, 6) is -15.2. The Morgan fingerprint density at radius 3 is 1.22 bits per heavy atom. The largest absolute Gasteiger partial charge is 0.481 e. The Morgan fingerprint density at radius 1 is 0.434 bits per heavy atom. The van der Waals surface area contributed by atoms with Gasteiger partial charge in [-0.1, -0.05) is 27.7 Å². The maximum absolute atomic E-state index is 14.9. The van der Waals surface area contributed by atoms with Gasteiger partial charge in [-0.25, -0.2) is 14.8 Å². The lowest BCUT2D eigenvalue weighted by Gasteiger charge is -2.31. The fourth-order valence-corrected chi connectivity index (χ4v) is 14.1. The minimum absolute atomic E-state index is 0.00933. The summed E-state index contributed by atoms with van der Waals surface area (Å²) in [4.78, 5) is 240. The van der Waals surface area contributed by atoms with Crippen LogP contribution < -0.4 is 98.2 Å². The number of rotatable bonds is 60. The molecule has 0 saturated carbocycles. The zero-order chi connectivity index (χ0) is 90.5. The number of nitrogens with zero attached hydrogens (tertiary/aromatic N) is 4. The van der Waals surface area contributed by atoms with E-state index in [-0.39, 0.29) is 133 Å². The molecule has 2 fully saturated rings. The Bertz CT molecular complexity index is 3670. The van der Waals surface area contributed by atoms with Gasteiger partial charge in [-0.15, -0.1) is 0 Å². The van der Waals surface area contributed by atoms with Gasteiger partial charge < -0.3 is 138 Å². The standard InChI is InChI=1S/C78H134N24O20/c1-44(2)34-49(84)65(108)98-58(35-45(3)4)77(120)102-33-17-24-61(102)74(117)93-51(19-7-12-28-80)67(110)91-52(20-8-13-29-81)69(112)100-64(46(5)104)75(118)94-53(25-26-63(106)107)68(111)99-59(41-103)72(115)97-57(37-48-39-86-43-89-48)71(114)96-56(36-47-38-85-42-88-47)70(113)95-54(21-9-14-30-82)76(119)101-32-16-23-60(101)73(116)92-50(18-6-11-27-79)66(109)87-40-62(105)90-55(78(121)122)22-10-15-31-83/h38-39,42-46,49-61,64,103-104H,6-37,40-41,79-84H2,1-5H3,(H,85,88)(H,86,89)(H,87,109)(H,90,105)(H,91,110)(H,92,116)(H,93,117)(H,94,118)(H,95,113)(H,96,114)(H,97,115)(H,98,108)(H,99,111)(H,100,112)(H,106,107)(H,121,122)/t46-,49+,50+,51+,52+,53+,54+,55+,56+,57+,58+,59+,60+,61+,64+/m1/s1. The molecule has 0 radical (unpaired) electrons. The van der Waals surface area contributed by atoms with Crippen LogP contribution in [0.4, 0.5) is 0 Å². The minimum Gasteiger partial charge on any atom is -0.481 e. The molecule has 14 amide bonds. The molecule has 686 valence electrons. The Labute approximate surface area is 710 Å². The first-order valence-corrected chi connectivity index (χ1v) is 42.3. The number of amides is 14. The van der Waals surface area contributed by atoms with Crippen molar-refractivity contribution in [2.45, 2.75) is 286 Å². The monoisotopic (exact) mass is 1730 g/mol.